The average molecular weight is 324 g/mol. The molecule has 0 unspecified atom stereocenters. The number of rotatable bonds is 4. The van der Waals surface area contributed by atoms with Crippen LogP contribution in [0.25, 0.3) is 0 Å². The van der Waals surface area contributed by atoms with Crippen molar-refractivity contribution >= 4 is 6.03 Å². The maximum Gasteiger partial charge on any atom is 0.315 e. The lowest BCUT2D eigenvalue weighted by atomic mass is 9.84. The van der Waals surface area contributed by atoms with Crippen LogP contribution in [0.3, 0.4) is 0 Å². The molecule has 2 aromatic rings. The molecule has 2 N–H and O–H groups in total. The average Bonchev–Trinajstić information content (AvgIpc) is 3.14. The molecule has 0 spiro atoms. The predicted octanol–water partition coefficient (Wildman–Crippen LogP) is 2.83. The van der Waals surface area contributed by atoms with Gasteiger partial charge in [-0.15, -0.1) is 0 Å². The fourth-order valence-electron chi connectivity index (χ4n) is 4.28. The lowest BCUT2D eigenvalue weighted by Gasteiger charge is -2.20. The van der Waals surface area contributed by atoms with E-state index < -0.39 is 0 Å². The van der Waals surface area contributed by atoms with Crippen LogP contribution in [0.4, 0.5) is 4.79 Å². The fraction of sp³-hybridized carbons (Fsp3) is 0.474. The summed E-state index contributed by atoms with van der Waals surface area (Å²) in [5.74, 6) is 0.629. The summed E-state index contributed by atoms with van der Waals surface area (Å²) in [6.45, 7) is 0.619. The van der Waals surface area contributed by atoms with E-state index in [4.69, 9.17) is 0 Å². The van der Waals surface area contributed by atoms with Crippen LogP contribution >= 0.6 is 0 Å². The van der Waals surface area contributed by atoms with E-state index in [-0.39, 0.29) is 12.1 Å². The summed E-state index contributed by atoms with van der Waals surface area (Å²) < 4.78 is 1.84. The number of nitrogens with one attached hydrogen (secondary N) is 2. The van der Waals surface area contributed by atoms with E-state index in [9.17, 15) is 4.79 Å². The van der Waals surface area contributed by atoms with Crippen molar-refractivity contribution in [3.8, 4) is 0 Å². The quantitative estimate of drug-likeness (QED) is 0.908. The second kappa shape index (κ2) is 6.30. The van der Waals surface area contributed by atoms with Crippen molar-refractivity contribution in [1.29, 1.82) is 0 Å². The Morgan fingerprint density at radius 2 is 2.29 bits per heavy atom. The highest BCUT2D eigenvalue weighted by Gasteiger charge is 2.35. The molecule has 2 amide bonds. The van der Waals surface area contributed by atoms with Gasteiger partial charge in [-0.05, 0) is 54.4 Å². The summed E-state index contributed by atoms with van der Waals surface area (Å²) in [5, 5.41) is 10.3. The molecule has 1 aromatic heterocycles. The Balaban J connectivity index is 1.36. The first-order valence-electron chi connectivity index (χ1n) is 8.85. The molecule has 5 heteroatoms. The molecule has 2 aliphatic carbocycles. The molecule has 4 rings (SSSR count). The van der Waals surface area contributed by atoms with Gasteiger partial charge in [0.2, 0.25) is 0 Å². The second-order valence-corrected chi connectivity index (χ2v) is 6.89. The molecule has 1 aromatic carbocycles. The molecule has 1 heterocycles. The van der Waals surface area contributed by atoms with E-state index in [0.717, 1.165) is 18.5 Å². The highest BCUT2D eigenvalue weighted by Crippen LogP contribution is 2.47. The first kappa shape index (κ1) is 15.2. The summed E-state index contributed by atoms with van der Waals surface area (Å²) in [5.41, 5.74) is 5.46. The van der Waals surface area contributed by atoms with Crippen molar-refractivity contribution in [2.45, 2.75) is 44.1 Å². The van der Waals surface area contributed by atoms with Gasteiger partial charge >= 0.3 is 6.03 Å². The maximum atomic E-state index is 12.3. The topological polar surface area (TPSA) is 59.0 Å². The normalized spacial score (nSPS) is 21.4. The van der Waals surface area contributed by atoms with E-state index in [1.165, 1.54) is 36.0 Å². The van der Waals surface area contributed by atoms with E-state index in [1.54, 1.807) is 6.20 Å². The monoisotopic (exact) mass is 324 g/mol. The number of benzene rings is 1. The van der Waals surface area contributed by atoms with Crippen LogP contribution in [0, 0.1) is 0 Å². The van der Waals surface area contributed by atoms with Crippen molar-refractivity contribution in [2.24, 2.45) is 7.05 Å². The molecule has 24 heavy (non-hydrogen) atoms. The standard InChI is InChI=1S/C19H24N4O/c1-23-15(9-11-21-23)8-10-20-19(24)22-17-12-14-6-2-4-13-5-3-7-16(17)18(13)14/h3,5,7,9,11,14,17H,2,4,6,8,10,12H2,1H3,(H2,20,22,24)/t14-,17-/m0/s1. The Labute approximate surface area is 142 Å². The molecule has 126 valence electrons. The first-order valence-corrected chi connectivity index (χ1v) is 8.85. The zero-order valence-corrected chi connectivity index (χ0v) is 14.1. The summed E-state index contributed by atoms with van der Waals surface area (Å²) in [7, 11) is 1.92. The van der Waals surface area contributed by atoms with Gasteiger partial charge in [0.25, 0.3) is 0 Å². The summed E-state index contributed by atoms with van der Waals surface area (Å²) in [6, 6.07) is 8.63. The summed E-state index contributed by atoms with van der Waals surface area (Å²) in [6.07, 6.45) is 7.32. The van der Waals surface area contributed by atoms with E-state index >= 15 is 0 Å². The Morgan fingerprint density at radius 3 is 3.12 bits per heavy atom. The number of amides is 2. The highest BCUT2D eigenvalue weighted by atomic mass is 16.2. The molecular formula is C19H24N4O. The van der Waals surface area contributed by atoms with E-state index in [2.05, 4.69) is 33.9 Å². The SMILES string of the molecule is Cn1nccc1CCNC(=O)N[C@H]1C[C@@H]2CCCc3cccc1c32. The number of hydrogen-bond donors (Lipinski definition) is 2. The third kappa shape index (κ3) is 2.79. The number of carbonyl (C=O) groups excluding carboxylic acids is 1. The van der Waals surface area contributed by atoms with Crippen LogP contribution in [0.5, 0.6) is 0 Å². The molecule has 2 aliphatic rings. The largest absolute Gasteiger partial charge is 0.338 e. The van der Waals surface area contributed by atoms with Gasteiger partial charge in [0.15, 0.2) is 0 Å². The zero-order valence-electron chi connectivity index (χ0n) is 14.1. The van der Waals surface area contributed by atoms with Gasteiger partial charge in [-0.2, -0.15) is 5.10 Å². The van der Waals surface area contributed by atoms with Crippen molar-refractivity contribution in [3.63, 3.8) is 0 Å². The van der Waals surface area contributed by atoms with Gasteiger partial charge in [0.05, 0.1) is 6.04 Å². The van der Waals surface area contributed by atoms with Crippen molar-refractivity contribution < 1.29 is 4.79 Å². The van der Waals surface area contributed by atoms with Gasteiger partial charge in [0, 0.05) is 31.9 Å². The minimum atomic E-state index is -0.0709. The van der Waals surface area contributed by atoms with Crippen molar-refractivity contribution in [1.82, 2.24) is 20.4 Å². The Kier molecular flexibility index (Phi) is 4.00. The number of aromatic nitrogens is 2. The number of carbonyl (C=O) groups is 1. The third-order valence-electron chi connectivity index (χ3n) is 5.43. The minimum absolute atomic E-state index is 0.0709. The van der Waals surface area contributed by atoms with Crippen LogP contribution < -0.4 is 10.6 Å². The van der Waals surface area contributed by atoms with Gasteiger partial charge in [-0.1, -0.05) is 18.2 Å². The van der Waals surface area contributed by atoms with E-state index in [0.29, 0.717) is 12.5 Å². The van der Waals surface area contributed by atoms with Crippen LogP contribution in [-0.2, 0) is 19.9 Å². The van der Waals surface area contributed by atoms with Gasteiger partial charge in [-0.3, -0.25) is 4.68 Å². The number of hydrogen-bond acceptors (Lipinski definition) is 2. The van der Waals surface area contributed by atoms with Gasteiger partial charge < -0.3 is 10.6 Å². The van der Waals surface area contributed by atoms with Crippen LogP contribution in [-0.4, -0.2) is 22.4 Å². The fourth-order valence-corrected chi connectivity index (χ4v) is 4.28. The molecule has 0 bridgehead atoms. The number of urea groups is 1. The first-order chi connectivity index (χ1) is 11.7. The van der Waals surface area contributed by atoms with E-state index in [1.807, 2.05) is 17.8 Å². The zero-order chi connectivity index (χ0) is 16.5. The Hall–Kier alpha value is -2.30. The molecule has 0 radical (unpaired) electrons. The highest BCUT2D eigenvalue weighted by molar-refractivity contribution is 5.74. The molecular weight excluding hydrogens is 300 g/mol. The number of aryl methyl sites for hydroxylation is 2. The third-order valence-corrected chi connectivity index (χ3v) is 5.43. The lowest BCUT2D eigenvalue weighted by Crippen LogP contribution is -2.38. The molecule has 0 fully saturated rings. The minimum Gasteiger partial charge on any atom is -0.338 e. The Morgan fingerprint density at radius 1 is 1.38 bits per heavy atom. The molecule has 2 atom stereocenters. The summed E-state index contributed by atoms with van der Waals surface area (Å²) in [4.78, 5) is 12.3. The smallest absolute Gasteiger partial charge is 0.315 e. The predicted molar refractivity (Wildman–Crippen MR) is 92.9 cm³/mol. The van der Waals surface area contributed by atoms with Gasteiger partial charge in [0.1, 0.15) is 0 Å². The van der Waals surface area contributed by atoms with Gasteiger partial charge in [-0.25, -0.2) is 4.79 Å². The van der Waals surface area contributed by atoms with Crippen molar-refractivity contribution in [3.05, 3.63) is 52.8 Å². The Bertz CT molecular complexity index is 752. The molecule has 0 aliphatic heterocycles. The maximum absolute atomic E-state index is 12.3. The van der Waals surface area contributed by atoms with Crippen LogP contribution in [0.15, 0.2) is 30.5 Å². The lowest BCUT2D eigenvalue weighted by molar-refractivity contribution is 0.236. The molecule has 0 saturated carbocycles. The van der Waals surface area contributed by atoms with Crippen LogP contribution in [0.1, 0.15) is 53.6 Å². The van der Waals surface area contributed by atoms with Crippen molar-refractivity contribution in [2.75, 3.05) is 6.54 Å². The molecule has 0 saturated heterocycles. The van der Waals surface area contributed by atoms with Crippen LogP contribution in [0.2, 0.25) is 0 Å². The molecule has 5 nitrogen and oxygen atoms in total. The number of nitrogens with zero attached hydrogens (tertiary/aromatic N) is 2. The summed E-state index contributed by atoms with van der Waals surface area (Å²) >= 11 is 0. The second-order valence-electron chi connectivity index (χ2n) is 6.89.